The Morgan fingerprint density at radius 1 is 1.15 bits per heavy atom. The highest BCUT2D eigenvalue weighted by molar-refractivity contribution is 5.31. The number of benzene rings is 1. The number of likely N-dealkylation sites (N-methyl/N-ethyl adjacent to an activating group) is 1. The van der Waals surface area contributed by atoms with Crippen LogP contribution < -0.4 is 9.47 Å². The fourth-order valence-corrected chi connectivity index (χ4v) is 2.76. The SMILES string of the molecule is COc1ccc(OCCN(C)CC2(O)CCCC2)cc1. The lowest BCUT2D eigenvalue weighted by Crippen LogP contribution is -2.40. The lowest BCUT2D eigenvalue weighted by Gasteiger charge is -2.28. The Kier molecular flexibility index (Phi) is 5.26. The van der Waals surface area contributed by atoms with Crippen molar-refractivity contribution in [2.75, 3.05) is 33.9 Å². The summed E-state index contributed by atoms with van der Waals surface area (Å²) in [6, 6.07) is 7.59. The first-order valence-electron chi connectivity index (χ1n) is 7.29. The number of aliphatic hydroxyl groups is 1. The minimum absolute atomic E-state index is 0.477. The predicted molar refractivity (Wildman–Crippen MR) is 79.4 cm³/mol. The van der Waals surface area contributed by atoms with E-state index >= 15 is 0 Å². The van der Waals surface area contributed by atoms with Crippen LogP contribution in [0.15, 0.2) is 24.3 Å². The van der Waals surface area contributed by atoms with Crippen molar-refractivity contribution < 1.29 is 14.6 Å². The normalized spacial score (nSPS) is 17.4. The molecule has 0 atom stereocenters. The number of ether oxygens (including phenoxy) is 2. The Balaban J connectivity index is 1.69. The maximum absolute atomic E-state index is 10.3. The van der Waals surface area contributed by atoms with Crippen LogP contribution >= 0.6 is 0 Å². The van der Waals surface area contributed by atoms with Gasteiger partial charge in [-0.25, -0.2) is 0 Å². The summed E-state index contributed by atoms with van der Waals surface area (Å²) in [7, 11) is 3.69. The van der Waals surface area contributed by atoms with Crippen LogP contribution in [0.5, 0.6) is 11.5 Å². The molecule has 1 N–H and O–H groups in total. The molecule has 20 heavy (non-hydrogen) atoms. The van der Waals surface area contributed by atoms with Crippen LogP contribution in [0.4, 0.5) is 0 Å². The molecule has 4 nitrogen and oxygen atoms in total. The topological polar surface area (TPSA) is 41.9 Å². The maximum atomic E-state index is 10.3. The maximum Gasteiger partial charge on any atom is 0.119 e. The standard InChI is InChI=1S/C16H25NO3/c1-17(13-16(18)9-3-4-10-16)11-12-20-15-7-5-14(19-2)6-8-15/h5-8,18H,3-4,9-13H2,1-2H3. The van der Waals surface area contributed by atoms with Crippen molar-refractivity contribution in [3.8, 4) is 11.5 Å². The number of methoxy groups -OCH3 is 1. The smallest absolute Gasteiger partial charge is 0.119 e. The lowest BCUT2D eigenvalue weighted by molar-refractivity contribution is 0.0139. The van der Waals surface area contributed by atoms with Crippen LogP contribution in [0.2, 0.25) is 0 Å². The minimum atomic E-state index is -0.477. The second kappa shape index (κ2) is 6.95. The highest BCUT2D eigenvalue weighted by Gasteiger charge is 2.31. The van der Waals surface area contributed by atoms with Crippen molar-refractivity contribution in [3.63, 3.8) is 0 Å². The fourth-order valence-electron chi connectivity index (χ4n) is 2.76. The molecule has 0 radical (unpaired) electrons. The molecule has 4 heteroatoms. The molecular weight excluding hydrogens is 254 g/mol. The van der Waals surface area contributed by atoms with Crippen LogP contribution in [0, 0.1) is 0 Å². The number of hydrogen-bond donors (Lipinski definition) is 1. The van der Waals surface area contributed by atoms with Gasteiger partial charge in [0.05, 0.1) is 12.7 Å². The van der Waals surface area contributed by atoms with Gasteiger partial charge in [0.15, 0.2) is 0 Å². The minimum Gasteiger partial charge on any atom is -0.497 e. The summed E-state index contributed by atoms with van der Waals surface area (Å²) in [4.78, 5) is 2.15. The van der Waals surface area contributed by atoms with Gasteiger partial charge in [-0.3, -0.25) is 0 Å². The fraction of sp³-hybridized carbons (Fsp3) is 0.625. The summed E-state index contributed by atoms with van der Waals surface area (Å²) in [5, 5.41) is 10.3. The molecule has 0 unspecified atom stereocenters. The van der Waals surface area contributed by atoms with Crippen molar-refractivity contribution in [2.45, 2.75) is 31.3 Å². The molecule has 0 spiro atoms. The van der Waals surface area contributed by atoms with Gasteiger partial charge in [-0.1, -0.05) is 12.8 Å². The third kappa shape index (κ3) is 4.39. The van der Waals surface area contributed by atoms with Crippen molar-refractivity contribution in [3.05, 3.63) is 24.3 Å². The van der Waals surface area contributed by atoms with Crippen LogP contribution in [0.25, 0.3) is 0 Å². The largest absolute Gasteiger partial charge is 0.497 e. The van der Waals surface area contributed by atoms with E-state index in [1.807, 2.05) is 31.3 Å². The van der Waals surface area contributed by atoms with E-state index in [-0.39, 0.29) is 0 Å². The van der Waals surface area contributed by atoms with Gasteiger partial charge in [-0.15, -0.1) is 0 Å². The zero-order chi connectivity index (χ0) is 14.4. The quantitative estimate of drug-likeness (QED) is 0.831. The van der Waals surface area contributed by atoms with Crippen molar-refractivity contribution in [1.82, 2.24) is 4.90 Å². The first-order valence-corrected chi connectivity index (χ1v) is 7.29. The molecule has 0 aliphatic heterocycles. The molecule has 112 valence electrons. The van der Waals surface area contributed by atoms with Gasteiger partial charge in [0, 0.05) is 13.1 Å². The van der Waals surface area contributed by atoms with Gasteiger partial charge in [0.2, 0.25) is 0 Å². The molecule has 0 heterocycles. The molecule has 0 bridgehead atoms. The molecular formula is C16H25NO3. The zero-order valence-electron chi connectivity index (χ0n) is 12.5. The van der Waals surface area contributed by atoms with Gasteiger partial charge in [0.1, 0.15) is 18.1 Å². The van der Waals surface area contributed by atoms with Gasteiger partial charge < -0.3 is 19.5 Å². The van der Waals surface area contributed by atoms with E-state index in [9.17, 15) is 5.11 Å². The monoisotopic (exact) mass is 279 g/mol. The van der Waals surface area contributed by atoms with Gasteiger partial charge >= 0.3 is 0 Å². The Labute approximate surface area is 121 Å². The van der Waals surface area contributed by atoms with Gasteiger partial charge in [-0.2, -0.15) is 0 Å². The van der Waals surface area contributed by atoms with E-state index in [0.717, 1.165) is 50.3 Å². The molecule has 1 aliphatic rings. The zero-order valence-corrected chi connectivity index (χ0v) is 12.5. The summed E-state index contributed by atoms with van der Waals surface area (Å²) < 4.78 is 10.8. The van der Waals surface area contributed by atoms with Crippen LogP contribution in [0.3, 0.4) is 0 Å². The molecule has 1 fully saturated rings. The Morgan fingerprint density at radius 3 is 2.35 bits per heavy atom. The van der Waals surface area contributed by atoms with Gasteiger partial charge in [-0.05, 0) is 44.2 Å². The predicted octanol–water partition coefficient (Wildman–Crippen LogP) is 2.31. The van der Waals surface area contributed by atoms with E-state index < -0.39 is 5.60 Å². The molecule has 0 aromatic heterocycles. The lowest BCUT2D eigenvalue weighted by atomic mass is 10.0. The highest BCUT2D eigenvalue weighted by Crippen LogP contribution is 2.29. The van der Waals surface area contributed by atoms with Crippen molar-refractivity contribution >= 4 is 0 Å². The summed E-state index contributed by atoms with van der Waals surface area (Å²) in [6.45, 7) is 2.17. The van der Waals surface area contributed by atoms with E-state index in [1.54, 1.807) is 7.11 Å². The summed E-state index contributed by atoms with van der Waals surface area (Å²) in [5.41, 5.74) is -0.477. The average Bonchev–Trinajstić information content (AvgIpc) is 2.86. The molecule has 2 rings (SSSR count). The number of hydrogen-bond acceptors (Lipinski definition) is 4. The molecule has 0 saturated heterocycles. The number of nitrogens with zero attached hydrogens (tertiary/aromatic N) is 1. The van der Waals surface area contributed by atoms with E-state index in [1.165, 1.54) is 0 Å². The summed E-state index contributed by atoms with van der Waals surface area (Å²) >= 11 is 0. The Hall–Kier alpha value is -1.26. The van der Waals surface area contributed by atoms with E-state index in [4.69, 9.17) is 9.47 Å². The Bertz CT molecular complexity index is 399. The summed E-state index contributed by atoms with van der Waals surface area (Å²) in [5.74, 6) is 1.68. The first-order chi connectivity index (χ1) is 9.61. The molecule has 1 aliphatic carbocycles. The molecule has 1 saturated carbocycles. The van der Waals surface area contributed by atoms with Crippen molar-refractivity contribution in [2.24, 2.45) is 0 Å². The van der Waals surface area contributed by atoms with Crippen LogP contribution in [-0.2, 0) is 0 Å². The molecule has 1 aromatic rings. The van der Waals surface area contributed by atoms with Crippen LogP contribution in [-0.4, -0.2) is 49.5 Å². The van der Waals surface area contributed by atoms with E-state index in [0.29, 0.717) is 6.61 Å². The Morgan fingerprint density at radius 2 is 1.75 bits per heavy atom. The van der Waals surface area contributed by atoms with E-state index in [2.05, 4.69) is 4.90 Å². The molecule has 0 amide bonds. The van der Waals surface area contributed by atoms with Crippen molar-refractivity contribution in [1.29, 1.82) is 0 Å². The number of rotatable bonds is 7. The average molecular weight is 279 g/mol. The third-order valence-corrected chi connectivity index (χ3v) is 3.90. The third-order valence-electron chi connectivity index (χ3n) is 3.90. The molecule has 1 aromatic carbocycles. The highest BCUT2D eigenvalue weighted by atomic mass is 16.5. The van der Waals surface area contributed by atoms with Crippen LogP contribution in [0.1, 0.15) is 25.7 Å². The second-order valence-corrected chi connectivity index (χ2v) is 5.69. The first kappa shape index (κ1) is 15.1. The van der Waals surface area contributed by atoms with Gasteiger partial charge in [0.25, 0.3) is 0 Å². The second-order valence-electron chi connectivity index (χ2n) is 5.69. The summed E-state index contributed by atoms with van der Waals surface area (Å²) in [6.07, 6.45) is 4.15.